The van der Waals surface area contributed by atoms with Crippen molar-refractivity contribution in [3.05, 3.63) is 47.5 Å². The van der Waals surface area contributed by atoms with E-state index in [9.17, 15) is 13.2 Å². The fourth-order valence-corrected chi connectivity index (χ4v) is 5.66. The summed E-state index contributed by atoms with van der Waals surface area (Å²) >= 11 is 5.95. The molecule has 2 aromatic rings. The average Bonchev–Trinajstić information content (AvgIpc) is 3.29. The maximum absolute atomic E-state index is 13.3. The van der Waals surface area contributed by atoms with Gasteiger partial charge in [0.2, 0.25) is 15.9 Å². The maximum Gasteiger partial charge on any atom is 0.243 e. The fraction of sp³-hybridized carbons (Fsp3) is 0.409. The van der Waals surface area contributed by atoms with Crippen LogP contribution in [0.15, 0.2) is 47.4 Å². The Kier molecular flexibility index (Phi) is 6.78. The summed E-state index contributed by atoms with van der Waals surface area (Å²) in [6.07, 6.45) is 1.09. The van der Waals surface area contributed by atoms with Crippen LogP contribution in [0, 0.1) is 0 Å². The van der Waals surface area contributed by atoms with Crippen LogP contribution in [0.5, 0.6) is 17.2 Å². The van der Waals surface area contributed by atoms with Crippen molar-refractivity contribution in [1.29, 1.82) is 0 Å². The van der Waals surface area contributed by atoms with E-state index in [2.05, 4.69) is 0 Å². The van der Waals surface area contributed by atoms with Gasteiger partial charge in [-0.3, -0.25) is 4.79 Å². The number of likely N-dealkylation sites (N-methyl/N-ethyl adjacent to an activating group) is 1. The molecule has 0 radical (unpaired) electrons. The summed E-state index contributed by atoms with van der Waals surface area (Å²) in [6.45, 7) is 1.67. The summed E-state index contributed by atoms with van der Waals surface area (Å²) < 4.78 is 44.5. The van der Waals surface area contributed by atoms with Gasteiger partial charge in [0.1, 0.15) is 31.6 Å². The minimum Gasteiger partial charge on any atom is -0.492 e. The Morgan fingerprint density at radius 3 is 2.75 bits per heavy atom. The first-order valence-electron chi connectivity index (χ1n) is 10.4. The number of ether oxygens (including phenoxy) is 3. The number of carbonyl (C=O) groups excluding carboxylic acids is 1. The van der Waals surface area contributed by atoms with Crippen LogP contribution in [-0.2, 0) is 14.8 Å². The predicted octanol–water partition coefficient (Wildman–Crippen LogP) is 2.80. The van der Waals surface area contributed by atoms with Crippen LogP contribution >= 0.6 is 11.6 Å². The largest absolute Gasteiger partial charge is 0.492 e. The molecular formula is C22H25ClN2O6S. The molecule has 2 aromatic carbocycles. The van der Waals surface area contributed by atoms with Gasteiger partial charge >= 0.3 is 0 Å². The number of fused-ring (bicyclic) bond motifs is 1. The van der Waals surface area contributed by atoms with Crippen LogP contribution in [0.4, 0.5) is 0 Å². The van der Waals surface area contributed by atoms with E-state index in [4.69, 9.17) is 25.8 Å². The van der Waals surface area contributed by atoms with Crippen molar-refractivity contribution < 1.29 is 27.4 Å². The molecule has 0 spiro atoms. The smallest absolute Gasteiger partial charge is 0.243 e. The molecule has 2 aliphatic rings. The zero-order chi connectivity index (χ0) is 22.7. The van der Waals surface area contributed by atoms with E-state index in [-0.39, 0.29) is 17.4 Å². The molecule has 1 saturated heterocycles. The molecule has 172 valence electrons. The number of benzene rings is 2. The summed E-state index contributed by atoms with van der Waals surface area (Å²) in [6, 6.07) is 10.8. The minimum atomic E-state index is -3.86. The minimum absolute atomic E-state index is 0.0911. The third-order valence-corrected chi connectivity index (χ3v) is 7.62. The SMILES string of the molecule is CN(CCOc1cccc(Cl)c1)C(=O)C1CCCN1S(=O)(=O)c1ccc2c(c1)OCCO2. The van der Waals surface area contributed by atoms with Crippen LogP contribution < -0.4 is 14.2 Å². The first-order chi connectivity index (χ1) is 15.4. The highest BCUT2D eigenvalue weighted by atomic mass is 35.5. The molecule has 32 heavy (non-hydrogen) atoms. The molecule has 0 aromatic heterocycles. The van der Waals surface area contributed by atoms with Gasteiger partial charge in [0.15, 0.2) is 11.5 Å². The van der Waals surface area contributed by atoms with Crippen molar-refractivity contribution in [2.24, 2.45) is 0 Å². The predicted molar refractivity (Wildman–Crippen MR) is 119 cm³/mol. The first-order valence-corrected chi connectivity index (χ1v) is 12.2. The van der Waals surface area contributed by atoms with E-state index in [1.165, 1.54) is 21.3 Å². The third kappa shape index (κ3) is 4.79. The molecule has 1 fully saturated rings. The number of nitrogens with zero attached hydrogens (tertiary/aromatic N) is 2. The van der Waals surface area contributed by atoms with Gasteiger partial charge in [-0.1, -0.05) is 17.7 Å². The number of carbonyl (C=O) groups is 1. The van der Waals surface area contributed by atoms with Crippen LogP contribution in [0.1, 0.15) is 12.8 Å². The van der Waals surface area contributed by atoms with Crippen molar-refractivity contribution in [3.8, 4) is 17.2 Å². The van der Waals surface area contributed by atoms with Gasteiger partial charge in [0.25, 0.3) is 0 Å². The molecule has 0 N–H and O–H groups in total. The highest BCUT2D eigenvalue weighted by Gasteiger charge is 2.40. The second-order valence-electron chi connectivity index (χ2n) is 7.64. The molecule has 4 rings (SSSR count). The summed E-state index contributed by atoms with van der Waals surface area (Å²) in [4.78, 5) is 14.7. The second-order valence-corrected chi connectivity index (χ2v) is 9.97. The van der Waals surface area contributed by atoms with E-state index >= 15 is 0 Å². The van der Waals surface area contributed by atoms with Crippen molar-refractivity contribution in [1.82, 2.24) is 9.21 Å². The molecule has 8 nitrogen and oxygen atoms in total. The zero-order valence-electron chi connectivity index (χ0n) is 17.7. The van der Waals surface area contributed by atoms with Gasteiger partial charge in [0.05, 0.1) is 11.4 Å². The monoisotopic (exact) mass is 480 g/mol. The lowest BCUT2D eigenvalue weighted by Crippen LogP contribution is -2.47. The van der Waals surface area contributed by atoms with E-state index < -0.39 is 16.1 Å². The maximum atomic E-state index is 13.3. The summed E-state index contributed by atoms with van der Waals surface area (Å²) in [5, 5.41) is 0.567. The van der Waals surface area contributed by atoms with Gasteiger partial charge in [-0.05, 0) is 43.2 Å². The summed E-state index contributed by atoms with van der Waals surface area (Å²) in [5.41, 5.74) is 0. The van der Waals surface area contributed by atoms with Gasteiger partial charge in [-0.2, -0.15) is 4.31 Å². The van der Waals surface area contributed by atoms with E-state index in [1.807, 2.05) is 0 Å². The quantitative estimate of drug-likeness (QED) is 0.605. The normalized spacial score (nSPS) is 18.4. The number of amides is 1. The molecule has 1 atom stereocenters. The first kappa shape index (κ1) is 22.7. The molecule has 1 amide bonds. The standard InChI is InChI=1S/C22H25ClN2O6S/c1-24(10-11-29-17-5-2-4-16(23)14-17)22(26)19-6-3-9-25(19)32(27,28)18-7-8-20-21(15-18)31-13-12-30-20/h2,4-5,7-8,14-15,19H,3,6,9-13H2,1H3. The molecule has 0 aliphatic carbocycles. The number of hydrogen-bond acceptors (Lipinski definition) is 6. The van der Waals surface area contributed by atoms with Gasteiger partial charge in [0, 0.05) is 24.7 Å². The van der Waals surface area contributed by atoms with Crippen LogP contribution in [0.25, 0.3) is 0 Å². The van der Waals surface area contributed by atoms with Gasteiger partial charge < -0.3 is 19.1 Å². The molecule has 2 heterocycles. The molecular weight excluding hydrogens is 456 g/mol. The Balaban J connectivity index is 1.42. The Morgan fingerprint density at radius 1 is 1.19 bits per heavy atom. The third-order valence-electron chi connectivity index (χ3n) is 5.48. The Hall–Kier alpha value is -2.49. The van der Waals surface area contributed by atoms with Crippen molar-refractivity contribution >= 4 is 27.5 Å². The summed E-state index contributed by atoms with van der Waals surface area (Å²) in [7, 11) is -2.21. The Morgan fingerprint density at radius 2 is 1.97 bits per heavy atom. The van der Waals surface area contributed by atoms with E-state index in [1.54, 1.807) is 37.4 Å². The number of halogens is 1. The topological polar surface area (TPSA) is 85.4 Å². The van der Waals surface area contributed by atoms with E-state index in [0.717, 1.165) is 0 Å². The lowest BCUT2D eigenvalue weighted by Gasteiger charge is -2.28. The molecule has 0 saturated carbocycles. The van der Waals surface area contributed by atoms with Crippen molar-refractivity contribution in [2.45, 2.75) is 23.8 Å². The highest BCUT2D eigenvalue weighted by molar-refractivity contribution is 7.89. The lowest BCUT2D eigenvalue weighted by molar-refractivity contribution is -0.133. The fourth-order valence-electron chi connectivity index (χ4n) is 3.82. The van der Waals surface area contributed by atoms with Crippen LogP contribution in [0.3, 0.4) is 0 Å². The highest BCUT2D eigenvalue weighted by Crippen LogP contribution is 2.35. The lowest BCUT2D eigenvalue weighted by atomic mass is 10.2. The summed E-state index contributed by atoms with van der Waals surface area (Å²) in [5.74, 6) is 1.28. The molecule has 0 bridgehead atoms. The van der Waals surface area contributed by atoms with Gasteiger partial charge in [-0.15, -0.1) is 0 Å². The van der Waals surface area contributed by atoms with Crippen molar-refractivity contribution in [2.75, 3.05) is 40.0 Å². The average molecular weight is 481 g/mol. The Labute approximate surface area is 192 Å². The number of hydrogen-bond donors (Lipinski definition) is 0. The number of sulfonamides is 1. The van der Waals surface area contributed by atoms with Crippen LogP contribution in [0.2, 0.25) is 5.02 Å². The van der Waals surface area contributed by atoms with Crippen LogP contribution in [-0.4, -0.2) is 69.5 Å². The Bertz CT molecular complexity index is 1090. The molecule has 10 heteroatoms. The van der Waals surface area contributed by atoms with Gasteiger partial charge in [-0.25, -0.2) is 8.42 Å². The van der Waals surface area contributed by atoms with Crippen molar-refractivity contribution in [3.63, 3.8) is 0 Å². The zero-order valence-corrected chi connectivity index (χ0v) is 19.3. The van der Waals surface area contributed by atoms with E-state index in [0.29, 0.717) is 61.4 Å². The molecule has 2 aliphatic heterocycles. The molecule has 1 unspecified atom stereocenters. The second kappa shape index (κ2) is 9.56. The number of rotatable bonds is 7.